The molecular weight excluding hydrogens is 295 g/mol. The number of pyridine rings is 1. The van der Waals surface area contributed by atoms with Gasteiger partial charge < -0.3 is 33.6 Å². The van der Waals surface area contributed by atoms with Gasteiger partial charge in [-0.15, -0.1) is 0 Å². The topological polar surface area (TPSA) is 33.4 Å². The first kappa shape index (κ1) is 13.2. The third-order valence-corrected chi connectivity index (χ3v) is 1.48. The van der Waals surface area contributed by atoms with Crippen LogP contribution in [0.3, 0.4) is 0 Å². The average Bonchev–Trinajstić information content (AvgIpc) is 2.04. The molecular formula is C9H13IN2O2. The summed E-state index contributed by atoms with van der Waals surface area (Å²) in [6, 6.07) is 3.56. The number of halogens is 1. The van der Waals surface area contributed by atoms with Crippen LogP contribution in [0.25, 0.3) is 0 Å². The fourth-order valence-corrected chi connectivity index (χ4v) is 0.813. The van der Waals surface area contributed by atoms with E-state index in [0.29, 0.717) is 5.75 Å². The van der Waals surface area contributed by atoms with Crippen molar-refractivity contribution >= 4 is 6.09 Å². The monoisotopic (exact) mass is 308 g/mol. The predicted molar refractivity (Wildman–Crippen MR) is 47.3 cm³/mol. The third kappa shape index (κ3) is 3.91. The van der Waals surface area contributed by atoms with E-state index in [9.17, 15) is 4.79 Å². The Morgan fingerprint density at radius 3 is 2.64 bits per heavy atom. The van der Waals surface area contributed by atoms with Gasteiger partial charge in [0.2, 0.25) is 6.20 Å². The summed E-state index contributed by atoms with van der Waals surface area (Å²) in [5.74, 6) is 0.545. The highest BCUT2D eigenvalue weighted by atomic mass is 127. The van der Waals surface area contributed by atoms with E-state index in [4.69, 9.17) is 4.74 Å². The van der Waals surface area contributed by atoms with Crippen molar-refractivity contribution in [1.29, 1.82) is 0 Å². The van der Waals surface area contributed by atoms with Crippen molar-refractivity contribution in [3.05, 3.63) is 24.5 Å². The molecule has 0 aromatic carbocycles. The van der Waals surface area contributed by atoms with Crippen molar-refractivity contribution in [2.24, 2.45) is 7.05 Å². The summed E-state index contributed by atoms with van der Waals surface area (Å²) in [7, 11) is 5.16. The number of carbonyl (C=O) groups excluding carboxylic acids is 1. The summed E-state index contributed by atoms with van der Waals surface area (Å²) in [5.41, 5.74) is 0. The zero-order valence-electron chi connectivity index (χ0n) is 8.40. The van der Waals surface area contributed by atoms with Gasteiger partial charge in [0.15, 0.2) is 11.9 Å². The molecule has 1 heterocycles. The lowest BCUT2D eigenvalue weighted by Gasteiger charge is -2.09. The SMILES string of the molecule is CN(C)C(=O)Oc1ccc[n+](C)c1.[I-]. The van der Waals surface area contributed by atoms with E-state index in [-0.39, 0.29) is 30.1 Å². The lowest BCUT2D eigenvalue weighted by molar-refractivity contribution is -0.671. The number of aromatic nitrogens is 1. The first-order valence-electron chi connectivity index (χ1n) is 3.94. The minimum atomic E-state index is -0.369. The zero-order chi connectivity index (χ0) is 9.84. The molecule has 0 aliphatic rings. The van der Waals surface area contributed by atoms with Crippen molar-refractivity contribution in [3.63, 3.8) is 0 Å². The number of rotatable bonds is 1. The van der Waals surface area contributed by atoms with E-state index in [0.717, 1.165) is 0 Å². The van der Waals surface area contributed by atoms with E-state index >= 15 is 0 Å². The van der Waals surface area contributed by atoms with E-state index in [1.807, 2.05) is 23.9 Å². The second-order valence-corrected chi connectivity index (χ2v) is 2.97. The molecule has 0 aliphatic carbocycles. The maximum Gasteiger partial charge on any atom is 0.414 e. The predicted octanol–water partition coefficient (Wildman–Crippen LogP) is -2.42. The average molecular weight is 308 g/mol. The van der Waals surface area contributed by atoms with Crippen LogP contribution < -0.4 is 33.3 Å². The van der Waals surface area contributed by atoms with Crippen LogP contribution in [0.5, 0.6) is 5.75 Å². The van der Waals surface area contributed by atoms with Crippen LogP contribution in [0.2, 0.25) is 0 Å². The second-order valence-electron chi connectivity index (χ2n) is 2.97. The molecule has 0 unspecified atom stereocenters. The number of aryl methyl sites for hydroxylation is 1. The molecule has 14 heavy (non-hydrogen) atoms. The van der Waals surface area contributed by atoms with Gasteiger partial charge in [0, 0.05) is 20.2 Å². The molecule has 0 fully saturated rings. The maximum atomic E-state index is 11.1. The number of carbonyl (C=O) groups is 1. The summed E-state index contributed by atoms with van der Waals surface area (Å²) >= 11 is 0. The molecule has 0 N–H and O–H groups in total. The molecule has 1 aromatic rings. The second kappa shape index (κ2) is 5.79. The first-order chi connectivity index (χ1) is 6.09. The quantitative estimate of drug-likeness (QED) is 0.427. The van der Waals surface area contributed by atoms with Crippen molar-refractivity contribution < 1.29 is 38.1 Å². The Balaban J connectivity index is 0.00000169. The van der Waals surface area contributed by atoms with Gasteiger partial charge in [-0.2, -0.15) is 0 Å². The maximum absolute atomic E-state index is 11.1. The molecule has 0 radical (unpaired) electrons. The Morgan fingerprint density at radius 1 is 1.50 bits per heavy atom. The van der Waals surface area contributed by atoms with Gasteiger partial charge in [-0.25, -0.2) is 9.36 Å². The molecule has 0 bridgehead atoms. The Kier molecular flexibility index (Phi) is 5.44. The van der Waals surface area contributed by atoms with Crippen LogP contribution in [-0.2, 0) is 7.05 Å². The van der Waals surface area contributed by atoms with Crippen LogP contribution >= 0.6 is 0 Å². The minimum absolute atomic E-state index is 0. The van der Waals surface area contributed by atoms with Crippen LogP contribution in [-0.4, -0.2) is 25.1 Å². The van der Waals surface area contributed by atoms with Crippen LogP contribution in [0, 0.1) is 0 Å². The van der Waals surface area contributed by atoms with Crippen LogP contribution in [0.15, 0.2) is 24.5 Å². The Bertz CT molecular complexity index is 315. The van der Waals surface area contributed by atoms with Crippen molar-refractivity contribution in [2.45, 2.75) is 0 Å². The molecule has 1 aromatic heterocycles. The standard InChI is InChI=1S/C9H13N2O2.HI/c1-10(2)9(12)13-8-5-4-6-11(3)7-8;/h4-7H,1-3H3;1H/q+1;/p-1. The molecule has 0 spiro atoms. The first-order valence-corrected chi connectivity index (χ1v) is 3.94. The molecule has 4 nitrogen and oxygen atoms in total. The fourth-order valence-electron chi connectivity index (χ4n) is 0.813. The number of nitrogens with zero attached hydrogens (tertiary/aromatic N) is 2. The molecule has 78 valence electrons. The van der Waals surface area contributed by atoms with Gasteiger partial charge in [-0.1, -0.05) is 0 Å². The number of hydrogen-bond acceptors (Lipinski definition) is 2. The smallest absolute Gasteiger partial charge is 0.414 e. The van der Waals surface area contributed by atoms with Crippen molar-refractivity contribution in [2.75, 3.05) is 14.1 Å². The molecule has 0 atom stereocenters. The highest BCUT2D eigenvalue weighted by molar-refractivity contribution is 5.69. The largest absolute Gasteiger partial charge is 1.00 e. The van der Waals surface area contributed by atoms with E-state index < -0.39 is 0 Å². The molecule has 5 heteroatoms. The van der Waals surface area contributed by atoms with Crippen LogP contribution in [0.1, 0.15) is 0 Å². The summed E-state index contributed by atoms with van der Waals surface area (Å²) in [6.07, 6.45) is 3.24. The summed E-state index contributed by atoms with van der Waals surface area (Å²) in [6.45, 7) is 0. The lowest BCUT2D eigenvalue weighted by Crippen LogP contribution is -3.00. The number of amides is 1. The van der Waals surface area contributed by atoms with Gasteiger partial charge in [-0.05, 0) is 6.07 Å². The molecule has 1 amide bonds. The normalized spacial score (nSPS) is 8.79. The summed E-state index contributed by atoms with van der Waals surface area (Å²) in [5, 5.41) is 0. The molecule has 1 rings (SSSR count). The molecule has 0 saturated carbocycles. The van der Waals surface area contributed by atoms with Crippen molar-refractivity contribution in [1.82, 2.24) is 4.90 Å². The van der Waals surface area contributed by atoms with Gasteiger partial charge in [0.1, 0.15) is 7.05 Å². The Labute approximate surface area is 100 Å². The molecule has 0 aliphatic heterocycles. The number of ether oxygens (including phenoxy) is 1. The van der Waals surface area contributed by atoms with E-state index in [1.165, 1.54) is 4.90 Å². The summed E-state index contributed by atoms with van der Waals surface area (Å²) < 4.78 is 6.84. The van der Waals surface area contributed by atoms with Crippen molar-refractivity contribution in [3.8, 4) is 5.75 Å². The summed E-state index contributed by atoms with van der Waals surface area (Å²) in [4.78, 5) is 12.5. The van der Waals surface area contributed by atoms with Crippen LogP contribution in [0.4, 0.5) is 4.79 Å². The van der Waals surface area contributed by atoms with Gasteiger partial charge >= 0.3 is 6.09 Å². The highest BCUT2D eigenvalue weighted by Crippen LogP contribution is 2.05. The fraction of sp³-hybridized carbons (Fsp3) is 0.333. The minimum Gasteiger partial charge on any atom is -1.00 e. The zero-order valence-corrected chi connectivity index (χ0v) is 10.6. The van der Waals surface area contributed by atoms with E-state index in [1.54, 1.807) is 26.4 Å². The van der Waals surface area contributed by atoms with Gasteiger partial charge in [-0.3, -0.25) is 0 Å². The van der Waals surface area contributed by atoms with E-state index in [2.05, 4.69) is 0 Å². The third-order valence-electron chi connectivity index (χ3n) is 1.48. The number of hydrogen-bond donors (Lipinski definition) is 0. The lowest BCUT2D eigenvalue weighted by atomic mass is 10.4. The Hall–Kier alpha value is -0.850. The molecule has 0 saturated heterocycles. The van der Waals surface area contributed by atoms with Gasteiger partial charge in [0.05, 0.1) is 0 Å². The van der Waals surface area contributed by atoms with Gasteiger partial charge in [0.25, 0.3) is 0 Å². The Morgan fingerprint density at radius 2 is 2.14 bits per heavy atom. The highest BCUT2D eigenvalue weighted by Gasteiger charge is 2.08.